The molecule has 1 aliphatic rings. The number of rotatable bonds is 6. The zero-order chi connectivity index (χ0) is 21.2. The van der Waals surface area contributed by atoms with E-state index in [0.717, 1.165) is 10.6 Å². The van der Waals surface area contributed by atoms with Crippen LogP contribution in [-0.2, 0) is 14.8 Å². The third-order valence-electron chi connectivity index (χ3n) is 4.31. The van der Waals surface area contributed by atoms with Gasteiger partial charge in [-0.1, -0.05) is 35.3 Å². The molecule has 10 heteroatoms. The molecule has 0 fully saturated rings. The lowest BCUT2D eigenvalue weighted by Crippen LogP contribution is -2.50. The van der Waals surface area contributed by atoms with Gasteiger partial charge in [-0.15, -0.1) is 0 Å². The van der Waals surface area contributed by atoms with Crippen molar-refractivity contribution in [1.82, 2.24) is 5.32 Å². The zero-order valence-electron chi connectivity index (χ0n) is 15.8. The normalized spacial score (nSPS) is 16.8. The number of fused-ring (bicyclic) bond motifs is 1. The zero-order valence-corrected chi connectivity index (χ0v) is 18.1. The van der Waals surface area contributed by atoms with E-state index in [0.29, 0.717) is 16.5 Å². The monoisotopic (exact) mass is 458 g/mol. The van der Waals surface area contributed by atoms with Crippen molar-refractivity contribution in [2.75, 3.05) is 23.7 Å². The Bertz CT molecular complexity index is 1020. The van der Waals surface area contributed by atoms with Gasteiger partial charge in [0.15, 0.2) is 11.5 Å². The number of carbonyl (C=O) groups excluding carboxylic acids is 1. The lowest BCUT2D eigenvalue weighted by molar-refractivity contribution is -0.122. The molecule has 2 atom stereocenters. The van der Waals surface area contributed by atoms with Crippen LogP contribution in [0.15, 0.2) is 42.5 Å². The quantitative estimate of drug-likeness (QED) is 0.718. The molecular weight excluding hydrogens is 439 g/mol. The van der Waals surface area contributed by atoms with Crippen LogP contribution in [0.2, 0.25) is 10.0 Å². The van der Waals surface area contributed by atoms with E-state index < -0.39 is 28.1 Å². The third kappa shape index (κ3) is 5.07. The molecule has 29 heavy (non-hydrogen) atoms. The molecule has 2 aromatic carbocycles. The number of anilines is 1. The SMILES string of the molecule is C[C@H](C(=O)NC[C@H]1COc2ccccc2O1)N(c1cc(Cl)ccc1Cl)S(C)(=O)=O. The molecule has 0 radical (unpaired) electrons. The number of sulfonamides is 1. The molecule has 0 unspecified atom stereocenters. The summed E-state index contributed by atoms with van der Waals surface area (Å²) in [4.78, 5) is 12.7. The maximum Gasteiger partial charge on any atom is 0.243 e. The summed E-state index contributed by atoms with van der Waals surface area (Å²) in [6.07, 6.45) is 0.603. The standard InChI is InChI=1S/C19H20Cl2N2O5S/c1-12(23(29(2,25)26)16-9-13(20)7-8-15(16)21)19(24)22-10-14-11-27-17-5-3-4-6-18(17)28-14/h3-9,12,14H,10-11H2,1-2H3,(H,22,24)/t12-,14+/m1/s1. The van der Waals surface area contributed by atoms with Crippen molar-refractivity contribution in [2.24, 2.45) is 0 Å². The Morgan fingerprint density at radius 1 is 1.24 bits per heavy atom. The van der Waals surface area contributed by atoms with Crippen LogP contribution in [0.25, 0.3) is 0 Å². The highest BCUT2D eigenvalue weighted by Gasteiger charge is 2.31. The van der Waals surface area contributed by atoms with Crippen molar-refractivity contribution in [3.8, 4) is 11.5 Å². The van der Waals surface area contributed by atoms with Crippen LogP contribution < -0.4 is 19.1 Å². The van der Waals surface area contributed by atoms with Crippen LogP contribution in [0.1, 0.15) is 6.92 Å². The molecule has 0 aliphatic carbocycles. The number of benzene rings is 2. The first-order valence-electron chi connectivity index (χ1n) is 8.77. The van der Waals surface area contributed by atoms with E-state index in [9.17, 15) is 13.2 Å². The predicted molar refractivity (Wildman–Crippen MR) is 113 cm³/mol. The molecule has 2 aromatic rings. The number of halogens is 2. The lowest BCUT2D eigenvalue weighted by atomic mass is 10.2. The summed E-state index contributed by atoms with van der Waals surface area (Å²) in [6, 6.07) is 10.6. The molecule has 156 valence electrons. The number of ether oxygens (including phenoxy) is 2. The fraction of sp³-hybridized carbons (Fsp3) is 0.316. The smallest absolute Gasteiger partial charge is 0.243 e. The van der Waals surface area contributed by atoms with Crippen LogP contribution >= 0.6 is 23.2 Å². The Labute approximate surface area is 179 Å². The second-order valence-corrected chi connectivity index (χ2v) is 9.28. The molecule has 1 N–H and O–H groups in total. The van der Waals surface area contributed by atoms with Crippen molar-refractivity contribution < 1.29 is 22.7 Å². The average molecular weight is 459 g/mol. The van der Waals surface area contributed by atoms with Gasteiger partial charge in [0.05, 0.1) is 23.5 Å². The minimum absolute atomic E-state index is 0.135. The van der Waals surface area contributed by atoms with Crippen LogP contribution in [-0.4, -0.2) is 45.9 Å². The Kier molecular flexibility index (Phi) is 6.45. The van der Waals surface area contributed by atoms with Gasteiger partial charge in [-0.25, -0.2) is 8.42 Å². The first kappa shape index (κ1) is 21.5. The Morgan fingerprint density at radius 3 is 2.62 bits per heavy atom. The molecule has 1 heterocycles. The van der Waals surface area contributed by atoms with Gasteiger partial charge in [0, 0.05) is 5.02 Å². The van der Waals surface area contributed by atoms with Gasteiger partial charge in [-0.05, 0) is 37.3 Å². The highest BCUT2D eigenvalue weighted by molar-refractivity contribution is 7.92. The summed E-state index contributed by atoms with van der Waals surface area (Å²) in [7, 11) is -3.81. The number of hydrogen-bond donors (Lipinski definition) is 1. The third-order valence-corrected chi connectivity index (χ3v) is 6.09. The molecule has 1 aliphatic heterocycles. The van der Waals surface area contributed by atoms with Crippen molar-refractivity contribution >= 4 is 44.8 Å². The molecule has 7 nitrogen and oxygen atoms in total. The van der Waals surface area contributed by atoms with Gasteiger partial charge in [0.2, 0.25) is 15.9 Å². The van der Waals surface area contributed by atoms with Gasteiger partial charge in [-0.2, -0.15) is 0 Å². The fourth-order valence-corrected chi connectivity index (χ4v) is 4.57. The van der Waals surface area contributed by atoms with Crippen molar-refractivity contribution in [1.29, 1.82) is 0 Å². The first-order chi connectivity index (χ1) is 13.7. The average Bonchev–Trinajstić information content (AvgIpc) is 2.67. The summed E-state index contributed by atoms with van der Waals surface area (Å²) in [5.74, 6) is 0.728. The van der Waals surface area contributed by atoms with Gasteiger partial charge in [0.1, 0.15) is 18.8 Å². The maximum absolute atomic E-state index is 12.7. The van der Waals surface area contributed by atoms with Crippen molar-refractivity contribution in [3.05, 3.63) is 52.5 Å². The second kappa shape index (κ2) is 8.69. The van der Waals surface area contributed by atoms with Crippen LogP contribution in [0.4, 0.5) is 5.69 Å². The molecule has 0 aromatic heterocycles. The highest BCUT2D eigenvalue weighted by Crippen LogP contribution is 2.33. The van der Waals surface area contributed by atoms with E-state index in [-0.39, 0.29) is 23.9 Å². The Hall–Kier alpha value is -2.16. The second-order valence-electron chi connectivity index (χ2n) is 6.57. The van der Waals surface area contributed by atoms with Gasteiger partial charge in [-0.3, -0.25) is 9.10 Å². The topological polar surface area (TPSA) is 84.9 Å². The largest absolute Gasteiger partial charge is 0.486 e. The first-order valence-corrected chi connectivity index (χ1v) is 11.4. The number of carbonyl (C=O) groups is 1. The molecule has 0 saturated carbocycles. The molecular formula is C19H20Cl2N2O5S. The highest BCUT2D eigenvalue weighted by atomic mass is 35.5. The summed E-state index contributed by atoms with van der Waals surface area (Å²) in [5, 5.41) is 3.18. The molecule has 0 saturated heterocycles. The van der Waals surface area contributed by atoms with E-state index in [1.165, 1.54) is 25.1 Å². The van der Waals surface area contributed by atoms with E-state index >= 15 is 0 Å². The Balaban J connectivity index is 1.71. The van der Waals surface area contributed by atoms with Gasteiger partial charge in [0.25, 0.3) is 0 Å². The lowest BCUT2D eigenvalue weighted by Gasteiger charge is -2.30. The molecule has 1 amide bonds. The minimum atomic E-state index is -3.81. The fourth-order valence-electron chi connectivity index (χ4n) is 2.96. The summed E-state index contributed by atoms with van der Waals surface area (Å²) in [6.45, 7) is 1.89. The number of amides is 1. The maximum atomic E-state index is 12.7. The van der Waals surface area contributed by atoms with Gasteiger partial charge >= 0.3 is 0 Å². The summed E-state index contributed by atoms with van der Waals surface area (Å²) >= 11 is 12.1. The van der Waals surface area contributed by atoms with Crippen molar-refractivity contribution in [3.63, 3.8) is 0 Å². The Morgan fingerprint density at radius 2 is 1.93 bits per heavy atom. The van der Waals surface area contributed by atoms with E-state index in [4.69, 9.17) is 32.7 Å². The van der Waals surface area contributed by atoms with Crippen LogP contribution in [0.3, 0.4) is 0 Å². The summed E-state index contributed by atoms with van der Waals surface area (Å²) < 4.78 is 37.1. The number of hydrogen-bond acceptors (Lipinski definition) is 5. The molecule has 0 bridgehead atoms. The summed E-state index contributed by atoms with van der Waals surface area (Å²) in [5.41, 5.74) is 0.135. The minimum Gasteiger partial charge on any atom is -0.486 e. The molecule has 3 rings (SSSR count). The van der Waals surface area contributed by atoms with Crippen molar-refractivity contribution in [2.45, 2.75) is 19.1 Å². The van der Waals surface area contributed by atoms with E-state index in [1.54, 1.807) is 12.1 Å². The van der Waals surface area contributed by atoms with Gasteiger partial charge < -0.3 is 14.8 Å². The molecule has 0 spiro atoms. The predicted octanol–water partition coefficient (Wildman–Crippen LogP) is 3.10. The number of nitrogens with zero attached hydrogens (tertiary/aromatic N) is 1. The van der Waals surface area contributed by atoms with E-state index in [2.05, 4.69) is 5.32 Å². The van der Waals surface area contributed by atoms with Crippen LogP contribution in [0.5, 0.6) is 11.5 Å². The number of para-hydroxylation sites is 2. The van der Waals surface area contributed by atoms with Crippen LogP contribution in [0, 0.1) is 0 Å². The van der Waals surface area contributed by atoms with E-state index in [1.807, 2.05) is 12.1 Å². The number of nitrogens with one attached hydrogen (secondary N) is 1.